The van der Waals surface area contributed by atoms with Crippen LogP contribution < -0.4 is 20.3 Å². The fourth-order valence-electron chi connectivity index (χ4n) is 2.03. The molecule has 0 heterocycles. The SMILES string of the molecule is COc1ccc(/C=C/C(=O)NO)cc1OCC(=O)Nc1ccc(Cl)c(Cl)c1. The van der Waals surface area contributed by atoms with Gasteiger partial charge >= 0.3 is 0 Å². The summed E-state index contributed by atoms with van der Waals surface area (Å²) in [7, 11) is 1.46. The summed E-state index contributed by atoms with van der Waals surface area (Å²) >= 11 is 11.7. The molecule has 0 spiro atoms. The number of carbonyl (C=O) groups is 2. The Morgan fingerprint density at radius 2 is 1.89 bits per heavy atom. The lowest BCUT2D eigenvalue weighted by Gasteiger charge is -2.12. The van der Waals surface area contributed by atoms with Crippen molar-refractivity contribution in [1.82, 2.24) is 5.48 Å². The number of hydrogen-bond donors (Lipinski definition) is 3. The van der Waals surface area contributed by atoms with Crippen LogP contribution in [0.2, 0.25) is 10.0 Å². The highest BCUT2D eigenvalue weighted by atomic mass is 35.5. The molecule has 7 nitrogen and oxygen atoms in total. The van der Waals surface area contributed by atoms with Crippen molar-refractivity contribution < 1.29 is 24.3 Å². The Balaban J connectivity index is 2.04. The summed E-state index contributed by atoms with van der Waals surface area (Å²) in [5, 5.41) is 11.8. The first-order valence-corrected chi connectivity index (χ1v) is 8.36. The summed E-state index contributed by atoms with van der Waals surface area (Å²) < 4.78 is 10.7. The normalized spacial score (nSPS) is 10.5. The van der Waals surface area contributed by atoms with Crippen LogP contribution in [-0.2, 0) is 9.59 Å². The largest absolute Gasteiger partial charge is 0.493 e. The van der Waals surface area contributed by atoms with Crippen LogP contribution in [0, 0.1) is 0 Å². The van der Waals surface area contributed by atoms with Crippen molar-refractivity contribution in [1.29, 1.82) is 0 Å². The van der Waals surface area contributed by atoms with Crippen LogP contribution in [-0.4, -0.2) is 30.7 Å². The summed E-state index contributed by atoms with van der Waals surface area (Å²) in [6.45, 7) is -0.277. The molecule has 2 aromatic carbocycles. The van der Waals surface area contributed by atoms with E-state index in [1.54, 1.807) is 30.3 Å². The zero-order chi connectivity index (χ0) is 19.8. The van der Waals surface area contributed by atoms with E-state index in [2.05, 4.69) is 5.32 Å². The third-order valence-corrected chi connectivity index (χ3v) is 4.03. The van der Waals surface area contributed by atoms with Gasteiger partial charge in [-0.25, -0.2) is 5.48 Å². The molecule has 2 rings (SSSR count). The van der Waals surface area contributed by atoms with Gasteiger partial charge in [-0.15, -0.1) is 0 Å². The van der Waals surface area contributed by atoms with Crippen LogP contribution >= 0.6 is 23.2 Å². The van der Waals surface area contributed by atoms with Crippen molar-refractivity contribution in [3.05, 3.63) is 58.1 Å². The first kappa shape index (κ1) is 20.6. The van der Waals surface area contributed by atoms with E-state index in [1.165, 1.54) is 24.7 Å². The Morgan fingerprint density at radius 3 is 2.56 bits per heavy atom. The van der Waals surface area contributed by atoms with Crippen molar-refractivity contribution in [2.45, 2.75) is 0 Å². The number of hydrogen-bond acceptors (Lipinski definition) is 5. The number of amides is 2. The van der Waals surface area contributed by atoms with Crippen LogP contribution in [0.4, 0.5) is 5.69 Å². The molecule has 0 aliphatic heterocycles. The van der Waals surface area contributed by atoms with Gasteiger partial charge in [-0.2, -0.15) is 0 Å². The van der Waals surface area contributed by atoms with Crippen LogP contribution in [0.25, 0.3) is 6.08 Å². The quantitative estimate of drug-likeness (QED) is 0.368. The van der Waals surface area contributed by atoms with Crippen LogP contribution in [0.1, 0.15) is 5.56 Å². The van der Waals surface area contributed by atoms with Gasteiger partial charge in [0.15, 0.2) is 18.1 Å². The first-order valence-electron chi connectivity index (χ1n) is 7.61. The van der Waals surface area contributed by atoms with Gasteiger partial charge < -0.3 is 14.8 Å². The molecule has 3 N–H and O–H groups in total. The zero-order valence-electron chi connectivity index (χ0n) is 14.2. The van der Waals surface area contributed by atoms with Crippen LogP contribution in [0.15, 0.2) is 42.5 Å². The van der Waals surface area contributed by atoms with Crippen molar-refractivity contribution in [2.24, 2.45) is 0 Å². The van der Waals surface area contributed by atoms with E-state index in [-0.39, 0.29) is 6.61 Å². The minimum absolute atomic E-state index is 0.277. The van der Waals surface area contributed by atoms with E-state index >= 15 is 0 Å². The summed E-state index contributed by atoms with van der Waals surface area (Å²) in [5.41, 5.74) is 2.58. The lowest BCUT2D eigenvalue weighted by Crippen LogP contribution is -2.20. The minimum Gasteiger partial charge on any atom is -0.493 e. The smallest absolute Gasteiger partial charge is 0.267 e. The summed E-state index contributed by atoms with van der Waals surface area (Å²) in [4.78, 5) is 23.1. The third kappa shape index (κ3) is 6.18. The molecule has 0 atom stereocenters. The Morgan fingerprint density at radius 1 is 1.11 bits per heavy atom. The van der Waals surface area contributed by atoms with Gasteiger partial charge in [0, 0.05) is 11.8 Å². The highest BCUT2D eigenvalue weighted by Gasteiger charge is 2.09. The topological polar surface area (TPSA) is 96.9 Å². The fourth-order valence-corrected chi connectivity index (χ4v) is 2.33. The highest BCUT2D eigenvalue weighted by molar-refractivity contribution is 6.42. The monoisotopic (exact) mass is 410 g/mol. The molecule has 0 unspecified atom stereocenters. The molecule has 0 saturated carbocycles. The van der Waals surface area contributed by atoms with E-state index in [0.29, 0.717) is 32.8 Å². The molecule has 2 aromatic rings. The maximum atomic E-state index is 12.1. The number of rotatable bonds is 7. The van der Waals surface area contributed by atoms with Gasteiger partial charge in [-0.3, -0.25) is 14.8 Å². The van der Waals surface area contributed by atoms with E-state index in [1.807, 2.05) is 0 Å². The average molecular weight is 411 g/mol. The minimum atomic E-state index is -0.672. The second-order valence-corrected chi connectivity index (χ2v) is 6.00. The van der Waals surface area contributed by atoms with Gasteiger partial charge in [-0.1, -0.05) is 29.3 Å². The van der Waals surface area contributed by atoms with Gasteiger partial charge in [-0.05, 0) is 42.0 Å². The van der Waals surface area contributed by atoms with Gasteiger partial charge in [0.2, 0.25) is 0 Å². The lowest BCUT2D eigenvalue weighted by atomic mass is 10.2. The molecular formula is C18H16Cl2N2O5. The molecule has 0 radical (unpaired) electrons. The highest BCUT2D eigenvalue weighted by Crippen LogP contribution is 2.29. The predicted molar refractivity (Wildman–Crippen MR) is 103 cm³/mol. The molecule has 0 aliphatic rings. The molecule has 0 aromatic heterocycles. The van der Waals surface area contributed by atoms with E-state index < -0.39 is 11.8 Å². The number of nitrogens with one attached hydrogen (secondary N) is 2. The molecule has 27 heavy (non-hydrogen) atoms. The van der Waals surface area contributed by atoms with Crippen molar-refractivity contribution in [3.63, 3.8) is 0 Å². The number of methoxy groups -OCH3 is 1. The molecule has 0 aliphatic carbocycles. The molecule has 142 valence electrons. The molecular weight excluding hydrogens is 395 g/mol. The molecule has 2 amide bonds. The zero-order valence-corrected chi connectivity index (χ0v) is 15.7. The average Bonchev–Trinajstić information content (AvgIpc) is 2.67. The maximum absolute atomic E-state index is 12.1. The number of halogens is 2. The second kappa shape index (κ2) is 9.82. The number of benzene rings is 2. The molecule has 9 heteroatoms. The Kier molecular flexibility index (Phi) is 7.48. The van der Waals surface area contributed by atoms with Crippen molar-refractivity contribution in [3.8, 4) is 11.5 Å². The Labute approximate surface area is 165 Å². The second-order valence-electron chi connectivity index (χ2n) is 5.19. The Hall–Kier alpha value is -2.74. The standard InChI is InChI=1S/C18H16Cl2N2O5/c1-26-15-6-2-11(3-7-17(23)22-25)8-16(15)27-10-18(24)21-12-4-5-13(19)14(20)9-12/h2-9,25H,10H2,1H3,(H,21,24)(H,22,23)/b7-3+. The Bertz CT molecular complexity index is 871. The van der Waals surface area contributed by atoms with E-state index in [0.717, 1.165) is 6.08 Å². The van der Waals surface area contributed by atoms with Crippen LogP contribution in [0.5, 0.6) is 11.5 Å². The predicted octanol–water partition coefficient (Wildman–Crippen LogP) is 3.54. The van der Waals surface area contributed by atoms with Gasteiger partial charge in [0.25, 0.3) is 11.8 Å². The lowest BCUT2D eigenvalue weighted by molar-refractivity contribution is -0.124. The maximum Gasteiger partial charge on any atom is 0.267 e. The van der Waals surface area contributed by atoms with Gasteiger partial charge in [0.05, 0.1) is 17.2 Å². The molecule has 0 fully saturated rings. The molecule has 0 bridgehead atoms. The third-order valence-electron chi connectivity index (χ3n) is 3.29. The molecule has 0 saturated heterocycles. The van der Waals surface area contributed by atoms with E-state index in [4.69, 9.17) is 37.9 Å². The van der Waals surface area contributed by atoms with Crippen molar-refractivity contribution in [2.75, 3.05) is 19.0 Å². The van der Waals surface area contributed by atoms with Crippen molar-refractivity contribution >= 4 is 46.8 Å². The number of anilines is 1. The number of carbonyl (C=O) groups excluding carboxylic acids is 2. The van der Waals surface area contributed by atoms with Crippen LogP contribution in [0.3, 0.4) is 0 Å². The number of ether oxygens (including phenoxy) is 2. The summed E-state index contributed by atoms with van der Waals surface area (Å²) in [6.07, 6.45) is 2.61. The number of hydroxylamine groups is 1. The summed E-state index contributed by atoms with van der Waals surface area (Å²) in [5.74, 6) is -0.347. The summed E-state index contributed by atoms with van der Waals surface area (Å²) in [6, 6.07) is 9.61. The van der Waals surface area contributed by atoms with Gasteiger partial charge in [0.1, 0.15) is 0 Å². The van der Waals surface area contributed by atoms with E-state index in [9.17, 15) is 9.59 Å². The fraction of sp³-hybridized carbons (Fsp3) is 0.111. The first-order chi connectivity index (χ1) is 12.9.